The van der Waals surface area contributed by atoms with E-state index >= 15 is 0 Å². The topological polar surface area (TPSA) is 38.4 Å². The average molecular weight is 186 g/mol. The molecule has 70 valence electrons. The first-order valence-electron chi connectivity index (χ1n) is 4.52. The van der Waals surface area contributed by atoms with Crippen LogP contribution in [0.3, 0.4) is 0 Å². The zero-order valence-electron chi connectivity index (χ0n) is 7.92. The normalized spacial score (nSPS) is 21.0. The van der Waals surface area contributed by atoms with Crippen LogP contribution in [0.2, 0.25) is 0 Å². The predicted octanol–water partition coefficient (Wildman–Crippen LogP) is 1.75. The van der Waals surface area contributed by atoms with E-state index in [1.165, 1.54) is 18.6 Å². The van der Waals surface area contributed by atoms with Crippen molar-refractivity contribution in [2.75, 3.05) is 18.6 Å². The van der Waals surface area contributed by atoms with Crippen molar-refractivity contribution in [2.24, 2.45) is 22.6 Å². The summed E-state index contributed by atoms with van der Waals surface area (Å²) in [5.74, 6) is 3.37. The highest BCUT2D eigenvalue weighted by molar-refractivity contribution is 7.98. The predicted molar refractivity (Wildman–Crippen MR) is 56.8 cm³/mol. The van der Waals surface area contributed by atoms with Crippen LogP contribution in [0.5, 0.6) is 0 Å². The van der Waals surface area contributed by atoms with Crippen molar-refractivity contribution >= 4 is 17.6 Å². The molecule has 0 aliphatic heterocycles. The second-order valence-electron chi connectivity index (χ2n) is 3.60. The number of nitrogens with zero attached hydrogens (tertiary/aromatic N) is 1. The fourth-order valence-electron chi connectivity index (χ4n) is 1.11. The second kappa shape index (κ2) is 4.75. The minimum atomic E-state index is 0.631. The van der Waals surface area contributed by atoms with E-state index in [-0.39, 0.29) is 0 Å². The van der Waals surface area contributed by atoms with Crippen LogP contribution in [-0.2, 0) is 0 Å². The van der Waals surface area contributed by atoms with Gasteiger partial charge in [-0.3, -0.25) is 4.99 Å². The van der Waals surface area contributed by atoms with E-state index in [9.17, 15) is 0 Å². The van der Waals surface area contributed by atoms with Crippen LogP contribution in [-0.4, -0.2) is 24.4 Å². The van der Waals surface area contributed by atoms with Crippen molar-refractivity contribution in [1.82, 2.24) is 0 Å². The van der Waals surface area contributed by atoms with Gasteiger partial charge in [0.15, 0.2) is 0 Å². The second-order valence-corrected chi connectivity index (χ2v) is 4.51. The Labute approximate surface area is 79.0 Å². The lowest BCUT2D eigenvalue weighted by Crippen LogP contribution is -2.16. The third-order valence-electron chi connectivity index (χ3n) is 2.03. The summed E-state index contributed by atoms with van der Waals surface area (Å²) in [5.41, 5.74) is 5.77. The smallest absolute Gasteiger partial charge is 0.0968 e. The summed E-state index contributed by atoms with van der Waals surface area (Å²) >= 11 is 1.88. The molecule has 0 heterocycles. The quantitative estimate of drug-likeness (QED) is 0.525. The van der Waals surface area contributed by atoms with Gasteiger partial charge >= 0.3 is 0 Å². The number of hydrogen-bond donors (Lipinski definition) is 1. The Kier molecular flexibility index (Phi) is 3.92. The first kappa shape index (κ1) is 9.90. The van der Waals surface area contributed by atoms with E-state index in [2.05, 4.69) is 18.2 Å². The van der Waals surface area contributed by atoms with Crippen LogP contribution < -0.4 is 5.73 Å². The van der Waals surface area contributed by atoms with Crippen molar-refractivity contribution < 1.29 is 0 Å². The molecular weight excluding hydrogens is 168 g/mol. The van der Waals surface area contributed by atoms with E-state index in [1.54, 1.807) is 0 Å². The molecule has 0 amide bonds. The van der Waals surface area contributed by atoms with Gasteiger partial charge in [0.05, 0.1) is 5.84 Å². The van der Waals surface area contributed by atoms with Gasteiger partial charge in [-0.1, -0.05) is 6.92 Å². The van der Waals surface area contributed by atoms with Gasteiger partial charge in [0.1, 0.15) is 0 Å². The molecule has 2 N–H and O–H groups in total. The molecular formula is C9H18N2S. The SMILES string of the molecule is CSCC(C)CN=C(N)C1CC1. The zero-order chi connectivity index (χ0) is 8.97. The highest BCUT2D eigenvalue weighted by atomic mass is 32.2. The number of rotatable bonds is 5. The van der Waals surface area contributed by atoms with Crippen molar-refractivity contribution in [3.63, 3.8) is 0 Å². The number of nitrogens with two attached hydrogens (primary N) is 1. The molecule has 2 nitrogen and oxygen atoms in total. The van der Waals surface area contributed by atoms with Gasteiger partial charge < -0.3 is 5.73 Å². The Morgan fingerprint density at radius 2 is 2.33 bits per heavy atom. The maximum absolute atomic E-state index is 5.77. The first-order chi connectivity index (χ1) is 5.74. The van der Waals surface area contributed by atoms with Crippen LogP contribution in [0.15, 0.2) is 4.99 Å². The molecule has 1 unspecified atom stereocenters. The Hall–Kier alpha value is -0.180. The van der Waals surface area contributed by atoms with Crippen molar-refractivity contribution in [3.8, 4) is 0 Å². The molecule has 1 aliphatic rings. The third kappa shape index (κ3) is 3.48. The van der Waals surface area contributed by atoms with Gasteiger partial charge in [0.2, 0.25) is 0 Å². The summed E-state index contributed by atoms with van der Waals surface area (Å²) in [6.07, 6.45) is 4.64. The Balaban J connectivity index is 2.17. The number of hydrogen-bond acceptors (Lipinski definition) is 2. The summed E-state index contributed by atoms with van der Waals surface area (Å²) in [7, 11) is 0. The van der Waals surface area contributed by atoms with Gasteiger partial charge in [-0.2, -0.15) is 11.8 Å². The van der Waals surface area contributed by atoms with Gasteiger partial charge in [-0.05, 0) is 30.8 Å². The molecule has 3 heteroatoms. The molecule has 0 aromatic carbocycles. The van der Waals surface area contributed by atoms with Gasteiger partial charge in [-0.25, -0.2) is 0 Å². The van der Waals surface area contributed by atoms with E-state index in [0.29, 0.717) is 11.8 Å². The van der Waals surface area contributed by atoms with Crippen LogP contribution in [0.25, 0.3) is 0 Å². The number of amidine groups is 1. The van der Waals surface area contributed by atoms with Crippen LogP contribution >= 0.6 is 11.8 Å². The van der Waals surface area contributed by atoms with E-state index < -0.39 is 0 Å². The molecule has 1 fully saturated rings. The summed E-state index contributed by atoms with van der Waals surface area (Å²) in [5, 5.41) is 0. The fraction of sp³-hybridized carbons (Fsp3) is 0.889. The molecule has 0 spiro atoms. The molecule has 0 aromatic rings. The number of aliphatic imine (C=N–C) groups is 1. The third-order valence-corrected chi connectivity index (χ3v) is 2.93. The molecule has 12 heavy (non-hydrogen) atoms. The summed E-state index contributed by atoms with van der Waals surface area (Å²) < 4.78 is 0. The van der Waals surface area contributed by atoms with Crippen LogP contribution in [0.4, 0.5) is 0 Å². The lowest BCUT2D eigenvalue weighted by atomic mass is 10.2. The van der Waals surface area contributed by atoms with Gasteiger partial charge in [0, 0.05) is 12.5 Å². The Morgan fingerprint density at radius 3 is 2.83 bits per heavy atom. The van der Waals surface area contributed by atoms with E-state index in [4.69, 9.17) is 5.73 Å². The highest BCUT2D eigenvalue weighted by Crippen LogP contribution is 2.28. The van der Waals surface area contributed by atoms with Crippen LogP contribution in [0, 0.1) is 11.8 Å². The summed E-state index contributed by atoms with van der Waals surface area (Å²) in [6.45, 7) is 3.13. The lowest BCUT2D eigenvalue weighted by molar-refractivity contribution is 0.675. The Bertz CT molecular complexity index is 164. The monoisotopic (exact) mass is 186 g/mol. The largest absolute Gasteiger partial charge is 0.387 e. The zero-order valence-corrected chi connectivity index (χ0v) is 8.73. The molecule has 1 saturated carbocycles. The molecule has 0 bridgehead atoms. The molecule has 1 atom stereocenters. The average Bonchev–Trinajstić information content (AvgIpc) is 2.83. The standard InChI is InChI=1S/C9H18N2S/c1-7(6-12-2)5-11-9(10)8-3-4-8/h7-8H,3-6H2,1-2H3,(H2,10,11). The highest BCUT2D eigenvalue weighted by Gasteiger charge is 2.25. The lowest BCUT2D eigenvalue weighted by Gasteiger charge is -2.06. The minimum Gasteiger partial charge on any atom is -0.387 e. The first-order valence-corrected chi connectivity index (χ1v) is 5.92. The molecule has 0 radical (unpaired) electrons. The number of thioether (sulfide) groups is 1. The minimum absolute atomic E-state index is 0.631. The Morgan fingerprint density at radius 1 is 1.67 bits per heavy atom. The summed E-state index contributed by atoms with van der Waals surface area (Å²) in [4.78, 5) is 4.39. The fourth-order valence-corrected chi connectivity index (χ4v) is 1.78. The molecule has 1 aliphatic carbocycles. The van der Waals surface area contributed by atoms with Crippen molar-refractivity contribution in [1.29, 1.82) is 0 Å². The summed E-state index contributed by atoms with van der Waals surface area (Å²) in [6, 6.07) is 0. The molecule has 1 rings (SSSR count). The molecule has 0 saturated heterocycles. The van der Waals surface area contributed by atoms with Gasteiger partial charge in [-0.15, -0.1) is 0 Å². The van der Waals surface area contributed by atoms with E-state index in [1.807, 2.05) is 11.8 Å². The maximum atomic E-state index is 5.77. The maximum Gasteiger partial charge on any atom is 0.0968 e. The van der Waals surface area contributed by atoms with E-state index in [0.717, 1.165) is 12.4 Å². The van der Waals surface area contributed by atoms with Gasteiger partial charge in [0.25, 0.3) is 0 Å². The van der Waals surface area contributed by atoms with Crippen LogP contribution in [0.1, 0.15) is 19.8 Å². The molecule has 0 aromatic heterocycles. The van der Waals surface area contributed by atoms with Crippen molar-refractivity contribution in [3.05, 3.63) is 0 Å². The van der Waals surface area contributed by atoms with Crippen molar-refractivity contribution in [2.45, 2.75) is 19.8 Å².